The molecule has 6 heteroatoms. The Bertz CT molecular complexity index is 823. The lowest BCUT2D eigenvalue weighted by Gasteiger charge is -2.03. The van der Waals surface area contributed by atoms with Crippen molar-refractivity contribution in [2.45, 2.75) is 33.1 Å². The summed E-state index contributed by atoms with van der Waals surface area (Å²) in [5, 5.41) is 10.5. The molecule has 0 radical (unpaired) electrons. The summed E-state index contributed by atoms with van der Waals surface area (Å²) in [6.07, 6.45) is 4.48. The Morgan fingerprint density at radius 3 is 2.75 bits per heavy atom. The fourth-order valence-electron chi connectivity index (χ4n) is 2.59. The summed E-state index contributed by atoms with van der Waals surface area (Å²) < 4.78 is 0. The summed E-state index contributed by atoms with van der Waals surface area (Å²) in [4.78, 5) is 18.4. The van der Waals surface area contributed by atoms with Crippen LogP contribution >= 0.6 is 11.3 Å². The van der Waals surface area contributed by atoms with Crippen LogP contribution in [0.4, 0.5) is 5.13 Å². The van der Waals surface area contributed by atoms with Crippen molar-refractivity contribution in [1.29, 1.82) is 0 Å². The summed E-state index contributed by atoms with van der Waals surface area (Å²) in [6.45, 7) is 4.25. The van der Waals surface area contributed by atoms with Crippen molar-refractivity contribution < 1.29 is 4.79 Å². The molecule has 2 heterocycles. The third-order valence-corrected chi connectivity index (χ3v) is 4.91. The first-order valence-electron chi connectivity index (χ1n) is 8.11. The number of H-pyrrole nitrogens is 1. The van der Waals surface area contributed by atoms with Crippen LogP contribution in [0.3, 0.4) is 0 Å². The van der Waals surface area contributed by atoms with E-state index in [-0.39, 0.29) is 5.91 Å². The summed E-state index contributed by atoms with van der Waals surface area (Å²) in [7, 11) is 0. The van der Waals surface area contributed by atoms with Crippen LogP contribution in [0.1, 0.15) is 41.2 Å². The number of benzene rings is 1. The van der Waals surface area contributed by atoms with Gasteiger partial charge in [0.25, 0.3) is 5.91 Å². The van der Waals surface area contributed by atoms with Gasteiger partial charge in [-0.25, -0.2) is 4.98 Å². The Morgan fingerprint density at radius 2 is 2.04 bits per heavy atom. The van der Waals surface area contributed by atoms with Crippen molar-refractivity contribution in [2.24, 2.45) is 0 Å². The largest absolute Gasteiger partial charge is 0.298 e. The van der Waals surface area contributed by atoms with E-state index in [9.17, 15) is 4.79 Å². The van der Waals surface area contributed by atoms with Crippen molar-refractivity contribution in [1.82, 2.24) is 15.2 Å². The standard InChI is InChI=1S/C18H20N4OS/c1-3-8-14-15(4-2)24-18(20-14)21-17(23)13-11-19-22-16(13)12-9-6-5-7-10-12/h5-7,9-11H,3-4,8H2,1-2H3,(H,19,22)(H,20,21,23). The van der Waals surface area contributed by atoms with Crippen LogP contribution in [-0.4, -0.2) is 21.1 Å². The average Bonchev–Trinajstić information content (AvgIpc) is 3.23. The quantitative estimate of drug-likeness (QED) is 0.703. The van der Waals surface area contributed by atoms with Crippen molar-refractivity contribution in [3.05, 3.63) is 52.7 Å². The maximum Gasteiger partial charge on any atom is 0.261 e. The van der Waals surface area contributed by atoms with E-state index in [4.69, 9.17) is 0 Å². The normalized spacial score (nSPS) is 10.8. The zero-order valence-electron chi connectivity index (χ0n) is 13.8. The molecule has 2 N–H and O–H groups in total. The molecule has 0 unspecified atom stereocenters. The Balaban J connectivity index is 1.83. The second-order valence-electron chi connectivity index (χ2n) is 5.47. The Labute approximate surface area is 145 Å². The van der Waals surface area contributed by atoms with E-state index < -0.39 is 0 Å². The molecule has 0 bridgehead atoms. The van der Waals surface area contributed by atoms with Gasteiger partial charge in [-0.15, -0.1) is 11.3 Å². The minimum absolute atomic E-state index is 0.193. The maximum absolute atomic E-state index is 12.6. The number of hydrogen-bond donors (Lipinski definition) is 2. The fourth-order valence-corrected chi connectivity index (χ4v) is 3.54. The highest BCUT2D eigenvalue weighted by Gasteiger charge is 2.17. The fraction of sp³-hybridized carbons (Fsp3) is 0.278. The van der Waals surface area contributed by atoms with Gasteiger partial charge >= 0.3 is 0 Å². The molecule has 0 spiro atoms. The Morgan fingerprint density at radius 1 is 1.25 bits per heavy atom. The molecule has 2 aromatic heterocycles. The Kier molecular flexibility index (Phi) is 5.05. The molecule has 3 aromatic rings. The van der Waals surface area contributed by atoms with Gasteiger partial charge in [-0.05, 0) is 12.8 Å². The van der Waals surface area contributed by atoms with E-state index in [2.05, 4.69) is 34.3 Å². The smallest absolute Gasteiger partial charge is 0.261 e. The van der Waals surface area contributed by atoms with Crippen LogP contribution in [0.25, 0.3) is 11.3 Å². The molecular weight excluding hydrogens is 320 g/mol. The zero-order chi connectivity index (χ0) is 16.9. The topological polar surface area (TPSA) is 70.7 Å². The number of aryl methyl sites for hydroxylation is 2. The molecule has 1 amide bonds. The van der Waals surface area contributed by atoms with Gasteiger partial charge in [0, 0.05) is 10.4 Å². The summed E-state index contributed by atoms with van der Waals surface area (Å²) in [5.41, 5.74) is 3.26. The number of carbonyl (C=O) groups excluding carboxylic acids is 1. The molecule has 0 saturated heterocycles. The van der Waals surface area contributed by atoms with Gasteiger partial charge in [0.15, 0.2) is 5.13 Å². The number of aromatic nitrogens is 3. The minimum Gasteiger partial charge on any atom is -0.298 e. The molecule has 0 saturated carbocycles. The van der Waals surface area contributed by atoms with Gasteiger partial charge in [0.1, 0.15) is 0 Å². The van der Waals surface area contributed by atoms with Crippen molar-refractivity contribution in [3.8, 4) is 11.3 Å². The number of thiazole rings is 1. The van der Waals surface area contributed by atoms with E-state index in [0.29, 0.717) is 16.4 Å². The van der Waals surface area contributed by atoms with E-state index in [1.807, 2.05) is 30.3 Å². The van der Waals surface area contributed by atoms with Crippen LogP contribution in [0, 0.1) is 0 Å². The highest BCUT2D eigenvalue weighted by atomic mass is 32.1. The third-order valence-electron chi connectivity index (χ3n) is 3.75. The lowest BCUT2D eigenvalue weighted by atomic mass is 10.1. The van der Waals surface area contributed by atoms with Crippen LogP contribution < -0.4 is 5.32 Å². The van der Waals surface area contributed by atoms with Crippen LogP contribution in [0.2, 0.25) is 0 Å². The van der Waals surface area contributed by atoms with E-state index in [1.165, 1.54) is 4.88 Å². The molecular formula is C18H20N4OS. The summed E-state index contributed by atoms with van der Waals surface area (Å²) in [5.74, 6) is -0.193. The first-order valence-corrected chi connectivity index (χ1v) is 8.93. The van der Waals surface area contributed by atoms with Gasteiger partial charge in [0.2, 0.25) is 0 Å². The van der Waals surface area contributed by atoms with Gasteiger partial charge in [-0.3, -0.25) is 15.2 Å². The van der Waals surface area contributed by atoms with Crippen LogP contribution in [-0.2, 0) is 12.8 Å². The number of amides is 1. The van der Waals surface area contributed by atoms with Crippen molar-refractivity contribution >= 4 is 22.4 Å². The first kappa shape index (κ1) is 16.4. The molecule has 5 nitrogen and oxygen atoms in total. The number of nitrogens with zero attached hydrogens (tertiary/aromatic N) is 2. The predicted molar refractivity (Wildman–Crippen MR) is 97.5 cm³/mol. The molecule has 0 aliphatic carbocycles. The predicted octanol–water partition coefficient (Wildman–Crippen LogP) is 4.30. The molecule has 3 rings (SSSR count). The first-order chi connectivity index (χ1) is 11.7. The maximum atomic E-state index is 12.6. The van der Waals surface area contributed by atoms with Gasteiger partial charge < -0.3 is 0 Å². The molecule has 0 aliphatic heterocycles. The summed E-state index contributed by atoms with van der Waals surface area (Å²) in [6, 6.07) is 9.70. The monoisotopic (exact) mass is 340 g/mol. The molecule has 124 valence electrons. The second kappa shape index (κ2) is 7.40. The van der Waals surface area contributed by atoms with Crippen LogP contribution in [0.15, 0.2) is 36.5 Å². The minimum atomic E-state index is -0.193. The zero-order valence-corrected chi connectivity index (χ0v) is 14.6. The molecule has 0 atom stereocenters. The molecule has 1 aromatic carbocycles. The van der Waals surface area contributed by atoms with E-state index in [1.54, 1.807) is 17.5 Å². The lowest BCUT2D eigenvalue weighted by Crippen LogP contribution is -2.12. The number of rotatable bonds is 6. The number of hydrogen-bond acceptors (Lipinski definition) is 4. The number of nitrogens with one attached hydrogen (secondary N) is 2. The second-order valence-corrected chi connectivity index (χ2v) is 6.55. The highest BCUT2D eigenvalue weighted by molar-refractivity contribution is 7.15. The van der Waals surface area contributed by atoms with E-state index >= 15 is 0 Å². The van der Waals surface area contributed by atoms with Gasteiger partial charge in [0.05, 0.1) is 23.1 Å². The van der Waals surface area contributed by atoms with Gasteiger partial charge in [-0.2, -0.15) is 5.10 Å². The third kappa shape index (κ3) is 3.38. The number of aromatic amines is 1. The molecule has 24 heavy (non-hydrogen) atoms. The SMILES string of the molecule is CCCc1nc(NC(=O)c2cn[nH]c2-c2ccccc2)sc1CC. The van der Waals surface area contributed by atoms with E-state index in [0.717, 1.165) is 30.5 Å². The number of carbonyl (C=O) groups is 1. The summed E-state index contributed by atoms with van der Waals surface area (Å²) >= 11 is 1.55. The van der Waals surface area contributed by atoms with Gasteiger partial charge in [-0.1, -0.05) is 50.6 Å². The Hall–Kier alpha value is -2.47. The average molecular weight is 340 g/mol. The van der Waals surface area contributed by atoms with Crippen molar-refractivity contribution in [3.63, 3.8) is 0 Å². The van der Waals surface area contributed by atoms with Crippen molar-refractivity contribution in [2.75, 3.05) is 5.32 Å². The van der Waals surface area contributed by atoms with Crippen LogP contribution in [0.5, 0.6) is 0 Å². The molecule has 0 aliphatic rings. The lowest BCUT2D eigenvalue weighted by molar-refractivity contribution is 0.102. The number of anilines is 1. The highest BCUT2D eigenvalue weighted by Crippen LogP contribution is 2.26. The molecule has 0 fully saturated rings.